The quantitative estimate of drug-likeness (QED) is 0.424. The average Bonchev–Trinajstić information content (AvgIpc) is 3.15. The summed E-state index contributed by atoms with van der Waals surface area (Å²) in [6.45, 7) is 1.21. The molecule has 1 heterocycles. The number of halogens is 1. The fourth-order valence-electron chi connectivity index (χ4n) is 2.59. The van der Waals surface area contributed by atoms with Crippen LogP contribution in [0.15, 0.2) is 59.8 Å². The molecule has 1 amide bonds. The van der Waals surface area contributed by atoms with Gasteiger partial charge in [0.1, 0.15) is 0 Å². The van der Waals surface area contributed by atoms with E-state index in [0.717, 1.165) is 17.7 Å². The number of benzene rings is 2. The minimum Gasteiger partial charge on any atom is -0.385 e. The van der Waals surface area contributed by atoms with Gasteiger partial charge >= 0.3 is 0 Å². The van der Waals surface area contributed by atoms with E-state index in [1.807, 2.05) is 59.2 Å². The maximum atomic E-state index is 12.1. The molecular weight excluding hydrogens is 396 g/mol. The van der Waals surface area contributed by atoms with Gasteiger partial charge in [0.15, 0.2) is 11.0 Å². The topological polar surface area (TPSA) is 69.0 Å². The van der Waals surface area contributed by atoms with Crippen molar-refractivity contribution in [2.45, 2.75) is 11.6 Å². The summed E-state index contributed by atoms with van der Waals surface area (Å²) in [5, 5.41) is 12.9. The molecule has 0 aliphatic rings. The predicted octanol–water partition coefficient (Wildman–Crippen LogP) is 3.83. The van der Waals surface area contributed by atoms with Crippen molar-refractivity contribution >= 4 is 29.3 Å². The molecule has 2 aromatic carbocycles. The van der Waals surface area contributed by atoms with Crippen LogP contribution in [-0.2, 0) is 9.53 Å². The number of methoxy groups -OCH3 is 1. The van der Waals surface area contributed by atoms with Gasteiger partial charge in [-0.3, -0.25) is 9.36 Å². The van der Waals surface area contributed by atoms with Crippen molar-refractivity contribution in [2.24, 2.45) is 0 Å². The lowest BCUT2D eigenvalue weighted by atomic mass is 10.2. The van der Waals surface area contributed by atoms with Crippen LogP contribution in [0.25, 0.3) is 17.1 Å². The normalized spacial score (nSPS) is 10.8. The number of carbonyl (C=O) groups excluding carboxylic acids is 1. The maximum Gasteiger partial charge on any atom is 0.230 e. The minimum absolute atomic E-state index is 0.0481. The number of hydrogen-bond donors (Lipinski definition) is 1. The molecule has 1 N–H and O–H groups in total. The molecule has 0 saturated heterocycles. The largest absolute Gasteiger partial charge is 0.385 e. The fraction of sp³-hybridized carbons (Fsp3) is 0.250. The average molecular weight is 417 g/mol. The van der Waals surface area contributed by atoms with Crippen molar-refractivity contribution in [3.05, 3.63) is 59.6 Å². The van der Waals surface area contributed by atoms with E-state index in [1.165, 1.54) is 11.8 Å². The van der Waals surface area contributed by atoms with Gasteiger partial charge in [-0.05, 0) is 30.7 Å². The van der Waals surface area contributed by atoms with Crippen LogP contribution in [-0.4, -0.2) is 46.7 Å². The minimum atomic E-state index is -0.0481. The number of amides is 1. The van der Waals surface area contributed by atoms with Crippen LogP contribution in [0, 0.1) is 0 Å². The molecule has 146 valence electrons. The van der Waals surface area contributed by atoms with Gasteiger partial charge in [-0.15, -0.1) is 10.2 Å². The highest BCUT2D eigenvalue weighted by Crippen LogP contribution is 2.28. The second kappa shape index (κ2) is 10.3. The van der Waals surface area contributed by atoms with E-state index < -0.39 is 0 Å². The van der Waals surface area contributed by atoms with Crippen LogP contribution in [0.4, 0.5) is 0 Å². The molecule has 1 aromatic heterocycles. The highest BCUT2D eigenvalue weighted by molar-refractivity contribution is 7.99. The third-order valence-corrected chi connectivity index (χ3v) is 5.11. The van der Waals surface area contributed by atoms with Gasteiger partial charge in [-0.2, -0.15) is 0 Å². The summed E-state index contributed by atoms with van der Waals surface area (Å²) in [6, 6.07) is 17.3. The highest BCUT2D eigenvalue weighted by atomic mass is 35.5. The lowest BCUT2D eigenvalue weighted by Crippen LogP contribution is -2.26. The zero-order chi connectivity index (χ0) is 19.8. The first-order chi connectivity index (χ1) is 13.7. The lowest BCUT2D eigenvalue weighted by molar-refractivity contribution is -0.118. The first kappa shape index (κ1) is 20.4. The molecule has 0 saturated carbocycles. The van der Waals surface area contributed by atoms with E-state index in [1.54, 1.807) is 7.11 Å². The number of nitrogens with one attached hydrogen (secondary N) is 1. The van der Waals surface area contributed by atoms with E-state index in [9.17, 15) is 4.79 Å². The number of aromatic nitrogens is 3. The molecule has 8 heteroatoms. The standard InChI is InChI=1S/C20H21ClN4O2S/c1-27-13-5-12-22-18(26)14-28-20-24-23-19(15-6-3-2-4-7-15)25(20)17-10-8-16(21)9-11-17/h2-4,6-11H,5,12-14H2,1H3,(H,22,26). The molecule has 0 bridgehead atoms. The van der Waals surface area contributed by atoms with Crippen LogP contribution >= 0.6 is 23.4 Å². The molecule has 3 aromatic rings. The third kappa shape index (κ3) is 5.34. The Bertz CT molecular complexity index is 900. The summed E-state index contributed by atoms with van der Waals surface area (Å²) < 4.78 is 6.92. The third-order valence-electron chi connectivity index (χ3n) is 3.93. The molecular formula is C20H21ClN4O2S. The molecule has 0 atom stereocenters. The molecule has 3 rings (SSSR count). The summed E-state index contributed by atoms with van der Waals surface area (Å²) >= 11 is 7.38. The molecule has 28 heavy (non-hydrogen) atoms. The second-order valence-corrected chi connectivity index (χ2v) is 7.35. The van der Waals surface area contributed by atoms with E-state index in [0.29, 0.717) is 29.2 Å². The highest BCUT2D eigenvalue weighted by Gasteiger charge is 2.17. The van der Waals surface area contributed by atoms with Crippen molar-refractivity contribution in [1.82, 2.24) is 20.1 Å². The SMILES string of the molecule is COCCCNC(=O)CSc1nnc(-c2ccccc2)n1-c1ccc(Cl)cc1. The van der Waals surface area contributed by atoms with Crippen LogP contribution in [0.2, 0.25) is 5.02 Å². The van der Waals surface area contributed by atoms with Gasteiger partial charge in [0.25, 0.3) is 0 Å². The number of nitrogens with zero attached hydrogens (tertiary/aromatic N) is 3. The van der Waals surface area contributed by atoms with Crippen molar-refractivity contribution in [2.75, 3.05) is 26.0 Å². The first-order valence-electron chi connectivity index (χ1n) is 8.84. The van der Waals surface area contributed by atoms with Crippen molar-refractivity contribution in [3.8, 4) is 17.1 Å². The van der Waals surface area contributed by atoms with Gasteiger partial charge in [-0.1, -0.05) is 53.7 Å². The van der Waals surface area contributed by atoms with E-state index in [4.69, 9.17) is 16.3 Å². The van der Waals surface area contributed by atoms with Crippen molar-refractivity contribution in [3.63, 3.8) is 0 Å². The summed E-state index contributed by atoms with van der Waals surface area (Å²) in [4.78, 5) is 12.1. The number of thioether (sulfide) groups is 1. The van der Waals surface area contributed by atoms with Crippen molar-refractivity contribution < 1.29 is 9.53 Å². The van der Waals surface area contributed by atoms with E-state index in [2.05, 4.69) is 15.5 Å². The van der Waals surface area contributed by atoms with Crippen LogP contribution in [0.5, 0.6) is 0 Å². The fourth-order valence-corrected chi connectivity index (χ4v) is 3.49. The Morgan fingerprint density at radius 3 is 2.61 bits per heavy atom. The smallest absolute Gasteiger partial charge is 0.230 e. The molecule has 0 aliphatic heterocycles. The van der Waals surface area contributed by atoms with Gasteiger partial charge in [0.05, 0.1) is 5.75 Å². The molecule has 6 nitrogen and oxygen atoms in total. The zero-order valence-electron chi connectivity index (χ0n) is 15.5. The Balaban J connectivity index is 1.80. The summed E-state index contributed by atoms with van der Waals surface area (Å²) in [7, 11) is 1.64. The van der Waals surface area contributed by atoms with Gasteiger partial charge in [0, 0.05) is 36.5 Å². The monoisotopic (exact) mass is 416 g/mol. The molecule has 0 radical (unpaired) electrons. The Kier molecular flexibility index (Phi) is 7.47. The van der Waals surface area contributed by atoms with Crippen LogP contribution in [0.1, 0.15) is 6.42 Å². The zero-order valence-corrected chi connectivity index (χ0v) is 17.0. The lowest BCUT2D eigenvalue weighted by Gasteiger charge is -2.10. The number of carbonyl (C=O) groups is 1. The van der Waals surface area contributed by atoms with E-state index in [-0.39, 0.29) is 11.7 Å². The van der Waals surface area contributed by atoms with E-state index >= 15 is 0 Å². The molecule has 0 aliphatic carbocycles. The summed E-state index contributed by atoms with van der Waals surface area (Å²) in [5.41, 5.74) is 1.83. The molecule has 0 unspecified atom stereocenters. The number of rotatable bonds is 9. The Morgan fingerprint density at radius 1 is 1.14 bits per heavy atom. The summed E-state index contributed by atoms with van der Waals surface area (Å²) in [6.07, 6.45) is 0.784. The van der Waals surface area contributed by atoms with Gasteiger partial charge in [-0.25, -0.2) is 0 Å². The Morgan fingerprint density at radius 2 is 1.89 bits per heavy atom. The molecule has 0 fully saturated rings. The second-order valence-electron chi connectivity index (χ2n) is 5.97. The number of hydrogen-bond acceptors (Lipinski definition) is 5. The number of ether oxygens (including phenoxy) is 1. The summed E-state index contributed by atoms with van der Waals surface area (Å²) in [5.74, 6) is 0.923. The first-order valence-corrected chi connectivity index (χ1v) is 10.2. The van der Waals surface area contributed by atoms with Crippen molar-refractivity contribution in [1.29, 1.82) is 0 Å². The van der Waals surface area contributed by atoms with Gasteiger partial charge in [0.2, 0.25) is 5.91 Å². The van der Waals surface area contributed by atoms with Gasteiger partial charge < -0.3 is 10.1 Å². The maximum absolute atomic E-state index is 12.1. The predicted molar refractivity (Wildman–Crippen MR) is 112 cm³/mol. The Hall–Kier alpha value is -2.35. The van der Waals surface area contributed by atoms with Crippen LogP contribution in [0.3, 0.4) is 0 Å². The molecule has 0 spiro atoms. The van der Waals surface area contributed by atoms with Crippen LogP contribution < -0.4 is 5.32 Å². The Labute approximate surface area is 173 Å².